The Labute approximate surface area is 240 Å². The van der Waals surface area contributed by atoms with Crippen LogP contribution in [0.15, 0.2) is 89.4 Å². The highest BCUT2D eigenvalue weighted by Gasteiger charge is 2.56. The number of fused-ring (bicyclic) bond motifs is 1. The monoisotopic (exact) mass is 576 g/mol. The third-order valence-electron chi connectivity index (χ3n) is 6.71. The van der Waals surface area contributed by atoms with Crippen LogP contribution >= 0.6 is 23.1 Å². The number of nitrogens with one attached hydrogen (secondary N) is 1. The highest BCUT2D eigenvalue weighted by molar-refractivity contribution is 8.00. The van der Waals surface area contributed by atoms with Gasteiger partial charge in [0.2, 0.25) is 5.91 Å². The fraction of sp³-hybridized carbons (Fsp3) is 0.267. The van der Waals surface area contributed by atoms with Gasteiger partial charge in [-0.05, 0) is 29.5 Å². The van der Waals surface area contributed by atoms with Crippen molar-refractivity contribution in [2.24, 2.45) is 0 Å². The Bertz CT molecular complexity index is 1390. The Balaban J connectivity index is 1.43. The van der Waals surface area contributed by atoms with Crippen LogP contribution in [0.2, 0.25) is 0 Å². The number of rotatable bonds is 9. The van der Waals surface area contributed by atoms with Gasteiger partial charge < -0.3 is 14.8 Å². The largest absolute Gasteiger partial charge is 0.461 e. The van der Waals surface area contributed by atoms with Crippen LogP contribution in [-0.4, -0.2) is 51.9 Å². The molecule has 2 amide bonds. The van der Waals surface area contributed by atoms with E-state index in [4.69, 9.17) is 9.47 Å². The summed E-state index contributed by atoms with van der Waals surface area (Å²) in [6, 6.07) is 21.6. The third-order valence-corrected chi connectivity index (χ3v) is 9.04. The number of ether oxygens (including phenoxy) is 2. The summed E-state index contributed by atoms with van der Waals surface area (Å²) in [6.45, 7) is 3.02. The first-order chi connectivity index (χ1) is 19.3. The number of amides is 2. The highest BCUT2D eigenvalue weighted by atomic mass is 32.2. The summed E-state index contributed by atoms with van der Waals surface area (Å²) in [6.07, 6.45) is -0.550. The summed E-state index contributed by atoms with van der Waals surface area (Å²) < 4.78 is 11.4. The minimum Gasteiger partial charge on any atom is -0.461 e. The molecular weight excluding hydrogens is 548 g/mol. The molecule has 2 aliphatic rings. The molecule has 0 saturated carbocycles. The molecule has 1 N–H and O–H groups in total. The Kier molecular flexibility index (Phi) is 8.37. The van der Waals surface area contributed by atoms with Crippen LogP contribution in [-0.2, 0) is 35.1 Å². The molecule has 206 valence electrons. The molecule has 40 heavy (non-hydrogen) atoms. The van der Waals surface area contributed by atoms with Gasteiger partial charge in [-0.2, -0.15) is 0 Å². The fourth-order valence-electron chi connectivity index (χ4n) is 4.75. The van der Waals surface area contributed by atoms with Crippen molar-refractivity contribution in [3.8, 4) is 0 Å². The van der Waals surface area contributed by atoms with Crippen molar-refractivity contribution in [2.75, 3.05) is 6.61 Å². The normalized spacial score (nSPS) is 20.0. The number of hydrogen-bond donors (Lipinski definition) is 1. The molecule has 0 radical (unpaired) electrons. The van der Waals surface area contributed by atoms with Crippen LogP contribution in [0.5, 0.6) is 0 Å². The summed E-state index contributed by atoms with van der Waals surface area (Å²) in [7, 11) is 0. The molecule has 3 atom stereocenters. The number of nitrogens with zero attached hydrogens (tertiary/aromatic N) is 1. The number of hydrogen-bond acceptors (Lipinski definition) is 8. The summed E-state index contributed by atoms with van der Waals surface area (Å²) in [5.41, 5.74) is 2.08. The van der Waals surface area contributed by atoms with E-state index in [-0.39, 0.29) is 29.9 Å². The molecule has 8 nitrogen and oxygen atoms in total. The number of thioether (sulfide) groups is 1. The van der Waals surface area contributed by atoms with Crippen LogP contribution in [0, 0.1) is 0 Å². The molecule has 1 aromatic heterocycles. The predicted octanol–water partition coefficient (Wildman–Crippen LogP) is 4.23. The molecule has 1 saturated heterocycles. The number of β-lactam (4-membered cyclic amide) rings is 1. The molecule has 0 bridgehead atoms. The summed E-state index contributed by atoms with van der Waals surface area (Å²) >= 11 is 2.90. The first-order valence-electron chi connectivity index (χ1n) is 12.8. The van der Waals surface area contributed by atoms with Gasteiger partial charge in [0.05, 0.1) is 6.42 Å². The van der Waals surface area contributed by atoms with E-state index >= 15 is 0 Å². The maximum Gasteiger partial charge on any atom is 0.356 e. The van der Waals surface area contributed by atoms with Crippen molar-refractivity contribution < 1.29 is 28.7 Å². The SMILES string of the molecule is CC(=O)OCC1=C(C(=O)OC(c2ccccc2)c2ccccc2)N2C(=O)C(NC(=O)Cc3cccs3)[C@@H]2S[C@H]1C. The lowest BCUT2D eigenvalue weighted by Crippen LogP contribution is -2.71. The Morgan fingerprint density at radius 2 is 1.62 bits per heavy atom. The Hall–Kier alpha value is -3.89. The van der Waals surface area contributed by atoms with Gasteiger partial charge in [-0.25, -0.2) is 4.79 Å². The zero-order valence-corrected chi connectivity index (χ0v) is 23.6. The second-order valence-electron chi connectivity index (χ2n) is 9.44. The lowest BCUT2D eigenvalue weighted by Gasteiger charge is -2.51. The first-order valence-corrected chi connectivity index (χ1v) is 14.6. The summed E-state index contributed by atoms with van der Waals surface area (Å²) in [5, 5.41) is 3.96. The van der Waals surface area contributed by atoms with Crippen molar-refractivity contribution in [3.05, 3.63) is 105 Å². The van der Waals surface area contributed by atoms with Gasteiger partial charge in [0.1, 0.15) is 23.7 Å². The van der Waals surface area contributed by atoms with Gasteiger partial charge >= 0.3 is 11.9 Å². The average Bonchev–Trinajstić information content (AvgIpc) is 3.47. The van der Waals surface area contributed by atoms with E-state index in [1.807, 2.05) is 85.1 Å². The van der Waals surface area contributed by atoms with Gasteiger partial charge in [0.15, 0.2) is 6.10 Å². The van der Waals surface area contributed by atoms with Gasteiger partial charge in [0, 0.05) is 22.6 Å². The quantitative estimate of drug-likeness (QED) is 0.301. The predicted molar refractivity (Wildman–Crippen MR) is 152 cm³/mol. The van der Waals surface area contributed by atoms with E-state index in [0.29, 0.717) is 5.57 Å². The van der Waals surface area contributed by atoms with E-state index in [1.54, 1.807) is 0 Å². The van der Waals surface area contributed by atoms with E-state index in [2.05, 4.69) is 5.32 Å². The maximum absolute atomic E-state index is 13.9. The lowest BCUT2D eigenvalue weighted by molar-refractivity contribution is -0.155. The van der Waals surface area contributed by atoms with Crippen LogP contribution in [0.25, 0.3) is 0 Å². The van der Waals surface area contributed by atoms with Gasteiger partial charge in [0.25, 0.3) is 5.91 Å². The average molecular weight is 577 g/mol. The van der Waals surface area contributed by atoms with Crippen LogP contribution < -0.4 is 5.32 Å². The Morgan fingerprint density at radius 3 is 2.20 bits per heavy atom. The zero-order chi connectivity index (χ0) is 28.2. The first kappa shape index (κ1) is 27.7. The number of esters is 2. The number of benzene rings is 2. The number of carbonyl (C=O) groups is 4. The third kappa shape index (κ3) is 5.83. The van der Waals surface area contributed by atoms with E-state index < -0.39 is 35.4 Å². The molecule has 1 fully saturated rings. The van der Waals surface area contributed by atoms with Gasteiger partial charge in [-0.3, -0.25) is 19.3 Å². The van der Waals surface area contributed by atoms with Crippen molar-refractivity contribution in [3.63, 3.8) is 0 Å². The summed E-state index contributed by atoms with van der Waals surface area (Å²) in [5.74, 6) is -1.87. The smallest absolute Gasteiger partial charge is 0.356 e. The van der Waals surface area contributed by atoms with E-state index in [1.165, 1.54) is 34.9 Å². The van der Waals surface area contributed by atoms with E-state index in [9.17, 15) is 19.2 Å². The molecule has 2 aromatic carbocycles. The minimum atomic E-state index is -0.781. The van der Waals surface area contributed by atoms with Crippen LogP contribution in [0.1, 0.15) is 36.0 Å². The standard InChI is InChI=1S/C30H28N2O6S2/c1-18-23(17-37-19(2)33)26(30(36)38-27(20-10-5-3-6-11-20)21-12-7-4-8-13-21)32-28(35)25(29(32)40-18)31-24(34)16-22-14-9-15-39-22/h3-15,18,25,27,29H,16-17H2,1-2H3,(H,31,34)/t18-,25?,29-/m0/s1. The van der Waals surface area contributed by atoms with Crippen molar-refractivity contribution in [1.82, 2.24) is 10.2 Å². The highest BCUT2D eigenvalue weighted by Crippen LogP contribution is 2.45. The van der Waals surface area contributed by atoms with Crippen LogP contribution in [0.3, 0.4) is 0 Å². The zero-order valence-electron chi connectivity index (χ0n) is 21.9. The second-order valence-corrected chi connectivity index (χ2v) is 11.9. The fourth-order valence-corrected chi connectivity index (χ4v) is 6.89. The molecule has 2 aliphatic heterocycles. The molecular formula is C30H28N2O6S2. The minimum absolute atomic E-state index is 0.0584. The van der Waals surface area contributed by atoms with Crippen molar-refractivity contribution in [2.45, 2.75) is 43.0 Å². The molecule has 3 heterocycles. The number of carbonyl (C=O) groups excluding carboxylic acids is 4. The second kappa shape index (κ2) is 12.1. The summed E-state index contributed by atoms with van der Waals surface area (Å²) in [4.78, 5) is 53.9. The van der Waals surface area contributed by atoms with Gasteiger partial charge in [-0.1, -0.05) is 66.7 Å². The van der Waals surface area contributed by atoms with Crippen LogP contribution in [0.4, 0.5) is 0 Å². The lowest BCUT2D eigenvalue weighted by atomic mass is 9.99. The molecule has 0 aliphatic carbocycles. The Morgan fingerprint density at radius 1 is 0.975 bits per heavy atom. The van der Waals surface area contributed by atoms with E-state index in [0.717, 1.165) is 16.0 Å². The molecule has 1 unspecified atom stereocenters. The molecule has 3 aromatic rings. The van der Waals surface area contributed by atoms with Crippen molar-refractivity contribution in [1.29, 1.82) is 0 Å². The number of thiophene rings is 1. The van der Waals surface area contributed by atoms with Crippen molar-refractivity contribution >= 4 is 46.9 Å². The molecule has 0 spiro atoms. The molecule has 10 heteroatoms. The van der Waals surface area contributed by atoms with Gasteiger partial charge in [-0.15, -0.1) is 23.1 Å². The maximum atomic E-state index is 13.9. The topological polar surface area (TPSA) is 102 Å². The molecule has 5 rings (SSSR count).